The first kappa shape index (κ1) is 8.72. The largest absolute Gasteiger partial charge is 0.296 e. The zero-order valence-electron chi connectivity index (χ0n) is 8.36. The van der Waals surface area contributed by atoms with E-state index in [1.165, 1.54) is 12.1 Å². The van der Waals surface area contributed by atoms with Gasteiger partial charge >= 0.3 is 0 Å². The molecule has 0 aliphatic carbocycles. The van der Waals surface area contributed by atoms with E-state index in [2.05, 4.69) is 4.18 Å². The maximum Gasteiger partial charge on any atom is 0.296 e. The Morgan fingerprint density at radius 3 is 2.54 bits per heavy atom. The second kappa shape index (κ2) is 3.89. The fourth-order valence-electron chi connectivity index (χ4n) is 0.883. The molecule has 0 amide bonds. The first-order chi connectivity index (χ1) is 6.56. The van der Waals surface area contributed by atoms with Gasteiger partial charge in [-0.2, -0.15) is 8.42 Å². The fourth-order valence-corrected chi connectivity index (χ4v) is 1.71. The Morgan fingerprint density at radius 1 is 1.38 bits per heavy atom. The molecule has 0 bridgehead atoms. The van der Waals surface area contributed by atoms with Crippen molar-refractivity contribution in [2.24, 2.45) is 0 Å². The van der Waals surface area contributed by atoms with Crippen LogP contribution < -0.4 is 0 Å². The quantitative estimate of drug-likeness (QED) is 0.701. The Hall–Kier alpha value is -0.870. The molecule has 0 aliphatic rings. The molecule has 0 unspecified atom stereocenters. The van der Waals surface area contributed by atoms with Crippen molar-refractivity contribution in [2.45, 2.75) is 18.7 Å². The van der Waals surface area contributed by atoms with Crippen molar-refractivity contribution in [3.05, 3.63) is 29.8 Å². The smallest absolute Gasteiger partial charge is 0.267 e. The molecule has 13 heavy (non-hydrogen) atoms. The maximum atomic E-state index is 11.4. The number of aryl methyl sites for hydroxylation is 1. The van der Waals surface area contributed by atoms with Crippen molar-refractivity contribution in [2.75, 3.05) is 6.61 Å². The van der Waals surface area contributed by atoms with Crippen LogP contribution in [0.4, 0.5) is 0 Å². The van der Waals surface area contributed by atoms with E-state index in [0.29, 0.717) is 0 Å². The lowest BCUT2D eigenvalue weighted by Crippen LogP contribution is -2.05. The van der Waals surface area contributed by atoms with Gasteiger partial charge in [-0.25, -0.2) is 0 Å². The summed E-state index contributed by atoms with van der Waals surface area (Å²) in [5.41, 5.74) is 0.990. The zero-order valence-corrected chi connectivity index (χ0v) is 8.17. The molecule has 0 radical (unpaired) electrons. The first-order valence-electron chi connectivity index (χ1n) is 4.52. The minimum Gasteiger partial charge on any atom is -0.267 e. The van der Waals surface area contributed by atoms with Gasteiger partial charge in [0.1, 0.15) is 0 Å². The molecule has 0 spiro atoms. The first-order valence-corrected chi connectivity index (χ1v) is 5.22. The van der Waals surface area contributed by atoms with Crippen LogP contribution >= 0.6 is 0 Å². The molecule has 4 heteroatoms. The van der Waals surface area contributed by atoms with Crippen molar-refractivity contribution in [3.63, 3.8) is 0 Å². The van der Waals surface area contributed by atoms with Crippen molar-refractivity contribution in [1.82, 2.24) is 0 Å². The van der Waals surface area contributed by atoms with Crippen molar-refractivity contribution >= 4 is 10.1 Å². The summed E-state index contributed by atoms with van der Waals surface area (Å²) in [7, 11) is -3.66. The van der Waals surface area contributed by atoms with E-state index in [-0.39, 0.29) is 18.4 Å². The van der Waals surface area contributed by atoms with Gasteiger partial charge in [0.25, 0.3) is 10.1 Å². The van der Waals surface area contributed by atoms with Gasteiger partial charge in [0.15, 0.2) is 0 Å². The van der Waals surface area contributed by atoms with Gasteiger partial charge in [0, 0.05) is 1.37 Å². The summed E-state index contributed by atoms with van der Waals surface area (Å²) < 4.78 is 34.2. The summed E-state index contributed by atoms with van der Waals surface area (Å²) in [5.74, 6) is 0. The van der Waals surface area contributed by atoms with E-state index in [1.54, 1.807) is 12.1 Å². The Morgan fingerprint density at radius 2 is 2.00 bits per heavy atom. The number of hydrogen-bond acceptors (Lipinski definition) is 3. The van der Waals surface area contributed by atoms with Gasteiger partial charge in [-0.1, -0.05) is 17.7 Å². The monoisotopic (exact) mass is 202 g/mol. The molecule has 1 aromatic rings. The summed E-state index contributed by atoms with van der Waals surface area (Å²) in [4.78, 5) is 0.136. The molecule has 1 rings (SSSR count). The topological polar surface area (TPSA) is 43.4 Å². The average Bonchev–Trinajstić information content (AvgIpc) is 2.16. The van der Waals surface area contributed by atoms with E-state index >= 15 is 0 Å². The number of benzene rings is 1. The van der Waals surface area contributed by atoms with E-state index in [4.69, 9.17) is 1.37 Å². The molecule has 0 fully saturated rings. The highest BCUT2D eigenvalue weighted by Gasteiger charge is 2.12. The number of rotatable bonds is 3. The van der Waals surface area contributed by atoms with Gasteiger partial charge in [-0.3, -0.25) is 4.18 Å². The lowest BCUT2D eigenvalue weighted by molar-refractivity contribution is 0.338. The van der Waals surface area contributed by atoms with Crippen LogP contribution in [0.25, 0.3) is 0 Å². The minimum atomic E-state index is -3.66. The highest BCUT2D eigenvalue weighted by Crippen LogP contribution is 2.12. The van der Waals surface area contributed by atoms with Gasteiger partial charge < -0.3 is 0 Å². The van der Waals surface area contributed by atoms with Crippen LogP contribution in [-0.4, -0.2) is 15.0 Å². The third kappa shape index (κ3) is 2.54. The lowest BCUT2D eigenvalue weighted by atomic mass is 10.2. The van der Waals surface area contributed by atoms with Crippen LogP contribution in [0, 0.1) is 6.92 Å². The standard InChI is InChI=1S/C9H12O3S/c1-3-12-13(10,11)9-6-4-8(2)5-7-9/h4-7H,3H2,1-2H3/i1T. The molecule has 0 aromatic heterocycles. The van der Waals surface area contributed by atoms with Crippen LogP contribution in [0.5, 0.6) is 0 Å². The minimum absolute atomic E-state index is 0.0644. The lowest BCUT2D eigenvalue weighted by Gasteiger charge is -2.02. The summed E-state index contributed by atoms with van der Waals surface area (Å²) in [6.45, 7) is 1.71. The predicted octanol–water partition coefficient (Wildman–Crippen LogP) is 1.72. The van der Waals surface area contributed by atoms with E-state index < -0.39 is 10.1 Å². The molecule has 0 N–H and O–H groups in total. The van der Waals surface area contributed by atoms with Crippen molar-refractivity contribution < 1.29 is 14.0 Å². The van der Waals surface area contributed by atoms with E-state index in [1.807, 2.05) is 6.92 Å². The van der Waals surface area contributed by atoms with Crippen molar-refractivity contribution in [3.8, 4) is 0 Å². The predicted molar refractivity (Wildman–Crippen MR) is 50.0 cm³/mol. The maximum absolute atomic E-state index is 11.4. The summed E-state index contributed by atoms with van der Waals surface area (Å²) in [5, 5.41) is 0. The molecule has 0 saturated carbocycles. The highest BCUT2D eigenvalue weighted by molar-refractivity contribution is 7.86. The molecule has 0 saturated heterocycles. The molecular formula is C9H12O3S. The summed E-state index contributed by atoms with van der Waals surface area (Å²) >= 11 is 0. The Labute approximate surface area is 79.9 Å². The Kier molecular flexibility index (Phi) is 2.61. The second-order valence-corrected chi connectivity index (χ2v) is 4.20. The van der Waals surface area contributed by atoms with Gasteiger partial charge in [-0.15, -0.1) is 0 Å². The van der Waals surface area contributed by atoms with Crippen LogP contribution in [0.3, 0.4) is 0 Å². The normalized spacial score (nSPS) is 12.5. The Bertz CT molecular complexity index is 383. The molecule has 72 valence electrons. The third-order valence-corrected chi connectivity index (χ3v) is 2.87. The van der Waals surface area contributed by atoms with Gasteiger partial charge in [0.2, 0.25) is 0 Å². The Balaban J connectivity index is 2.87. The van der Waals surface area contributed by atoms with Crippen LogP contribution in [0.1, 0.15) is 13.8 Å². The van der Waals surface area contributed by atoms with Crippen LogP contribution in [0.15, 0.2) is 29.2 Å². The van der Waals surface area contributed by atoms with E-state index in [0.717, 1.165) is 5.56 Å². The summed E-state index contributed by atoms with van der Waals surface area (Å²) in [6, 6.07) is 6.40. The molecule has 0 aliphatic heterocycles. The summed E-state index contributed by atoms with van der Waals surface area (Å²) in [6.07, 6.45) is 0. The zero-order chi connectivity index (χ0) is 10.6. The highest BCUT2D eigenvalue weighted by atomic mass is 32.2. The molecular weight excluding hydrogens is 188 g/mol. The van der Waals surface area contributed by atoms with Crippen molar-refractivity contribution in [1.29, 1.82) is 0 Å². The molecule has 3 nitrogen and oxygen atoms in total. The van der Waals surface area contributed by atoms with E-state index in [9.17, 15) is 8.42 Å². The van der Waals surface area contributed by atoms with Crippen LogP contribution in [-0.2, 0) is 14.3 Å². The number of hydrogen-bond donors (Lipinski definition) is 0. The average molecular weight is 202 g/mol. The van der Waals surface area contributed by atoms with Crippen LogP contribution in [0.2, 0.25) is 0 Å². The van der Waals surface area contributed by atoms with Gasteiger partial charge in [-0.05, 0) is 26.0 Å². The molecule has 0 heterocycles. The SMILES string of the molecule is [3H]CCOS(=O)(=O)c1ccc(C)cc1. The second-order valence-electron chi connectivity index (χ2n) is 2.59. The third-order valence-electron chi connectivity index (χ3n) is 1.55. The molecule has 0 atom stereocenters. The van der Waals surface area contributed by atoms with Gasteiger partial charge in [0.05, 0.1) is 11.5 Å². The molecule has 1 aromatic carbocycles. The fraction of sp³-hybridized carbons (Fsp3) is 0.333.